The zero-order chi connectivity index (χ0) is 17.2. The van der Waals surface area contributed by atoms with Crippen molar-refractivity contribution >= 4 is 11.6 Å². The van der Waals surface area contributed by atoms with Gasteiger partial charge in [-0.3, -0.25) is 9.69 Å². The largest absolute Gasteiger partial charge is 0.381 e. The Labute approximate surface area is 144 Å². The van der Waals surface area contributed by atoms with Gasteiger partial charge < -0.3 is 14.8 Å². The number of benzene rings is 1. The van der Waals surface area contributed by atoms with Crippen molar-refractivity contribution in [2.45, 2.75) is 45.3 Å². The van der Waals surface area contributed by atoms with Crippen LogP contribution in [0.5, 0.6) is 0 Å². The monoisotopic (exact) mass is 332 g/mol. The molecule has 1 aromatic carbocycles. The van der Waals surface area contributed by atoms with E-state index in [0.717, 1.165) is 56.0 Å². The van der Waals surface area contributed by atoms with Crippen LogP contribution < -0.4 is 5.32 Å². The Hall–Kier alpha value is -1.43. The molecule has 2 aliphatic rings. The molecule has 1 unspecified atom stereocenters. The van der Waals surface area contributed by atoms with Crippen LogP contribution in [0.4, 0.5) is 5.69 Å². The summed E-state index contributed by atoms with van der Waals surface area (Å²) >= 11 is 0. The number of carbonyl (C=O) groups excluding carboxylic acids is 1. The Morgan fingerprint density at radius 1 is 1.21 bits per heavy atom. The molecule has 5 nitrogen and oxygen atoms in total. The Bertz CT molecular complexity index is 571. The Balaban J connectivity index is 1.67. The second kappa shape index (κ2) is 7.21. The number of hydrogen-bond acceptors (Lipinski definition) is 4. The third-order valence-corrected chi connectivity index (χ3v) is 5.34. The maximum atomic E-state index is 12.8. The third kappa shape index (κ3) is 3.63. The Morgan fingerprint density at radius 3 is 2.54 bits per heavy atom. The predicted octanol–water partition coefficient (Wildman–Crippen LogP) is 2.51. The molecular weight excluding hydrogens is 304 g/mol. The van der Waals surface area contributed by atoms with Gasteiger partial charge in [-0.15, -0.1) is 0 Å². The van der Waals surface area contributed by atoms with E-state index in [0.29, 0.717) is 6.61 Å². The van der Waals surface area contributed by atoms with E-state index >= 15 is 0 Å². The van der Waals surface area contributed by atoms with Gasteiger partial charge in [0, 0.05) is 44.8 Å². The van der Waals surface area contributed by atoms with Crippen molar-refractivity contribution in [2.75, 3.05) is 38.2 Å². The molecular formula is C19H28N2O3. The summed E-state index contributed by atoms with van der Waals surface area (Å²) in [6.07, 6.45) is 1.82. The number of ether oxygens (including phenoxy) is 2. The number of amides is 1. The number of carbonyl (C=O) groups is 1. The van der Waals surface area contributed by atoms with Crippen molar-refractivity contribution in [2.24, 2.45) is 0 Å². The molecule has 0 bridgehead atoms. The van der Waals surface area contributed by atoms with Crippen LogP contribution in [0.1, 0.15) is 30.9 Å². The molecule has 0 aromatic heterocycles. The molecule has 1 N–H and O–H groups in total. The van der Waals surface area contributed by atoms with Gasteiger partial charge in [0.1, 0.15) is 0 Å². The number of para-hydroxylation sites is 1. The normalized spacial score (nSPS) is 22.3. The number of hydrogen-bond donors (Lipinski definition) is 1. The molecule has 2 saturated heterocycles. The van der Waals surface area contributed by atoms with Crippen molar-refractivity contribution in [3.63, 3.8) is 0 Å². The van der Waals surface area contributed by atoms with Gasteiger partial charge in [0.2, 0.25) is 5.91 Å². The van der Waals surface area contributed by atoms with E-state index in [1.807, 2.05) is 39.0 Å². The highest BCUT2D eigenvalue weighted by molar-refractivity contribution is 5.95. The first kappa shape index (κ1) is 17.4. The summed E-state index contributed by atoms with van der Waals surface area (Å²) in [7, 11) is 0. The fourth-order valence-electron chi connectivity index (χ4n) is 3.66. The summed E-state index contributed by atoms with van der Waals surface area (Å²) in [5, 5.41) is 3.12. The molecule has 1 aromatic rings. The molecule has 5 heteroatoms. The van der Waals surface area contributed by atoms with Crippen molar-refractivity contribution < 1.29 is 14.3 Å². The number of aryl methyl sites for hydroxylation is 2. The van der Waals surface area contributed by atoms with Crippen molar-refractivity contribution in [1.29, 1.82) is 0 Å². The third-order valence-electron chi connectivity index (χ3n) is 5.34. The lowest BCUT2D eigenvalue weighted by molar-refractivity contribution is -0.161. The Morgan fingerprint density at radius 2 is 1.88 bits per heavy atom. The minimum absolute atomic E-state index is 0.0523. The standard InChI is InChI=1S/C19H28N2O3/c1-14-5-4-6-15(2)17(14)20-18(22)16(3)21-9-12-24-19(13-21)7-10-23-11-8-19/h4-6,16H,7-13H2,1-3H3,(H,20,22). The molecule has 2 heterocycles. The van der Waals surface area contributed by atoms with Crippen LogP contribution in [-0.4, -0.2) is 55.4 Å². The molecule has 0 radical (unpaired) electrons. The molecule has 2 fully saturated rings. The molecule has 24 heavy (non-hydrogen) atoms. The van der Waals surface area contributed by atoms with E-state index in [4.69, 9.17) is 9.47 Å². The Kier molecular flexibility index (Phi) is 5.23. The highest BCUT2D eigenvalue weighted by atomic mass is 16.5. The molecule has 1 amide bonds. The first-order valence-electron chi connectivity index (χ1n) is 8.84. The fourth-order valence-corrected chi connectivity index (χ4v) is 3.66. The van der Waals surface area contributed by atoms with E-state index in [1.165, 1.54) is 0 Å². The topological polar surface area (TPSA) is 50.8 Å². The van der Waals surface area contributed by atoms with Gasteiger partial charge in [-0.25, -0.2) is 0 Å². The predicted molar refractivity (Wildman–Crippen MR) is 94.3 cm³/mol. The number of morpholine rings is 1. The van der Waals surface area contributed by atoms with E-state index < -0.39 is 0 Å². The summed E-state index contributed by atoms with van der Waals surface area (Å²) in [6, 6.07) is 5.89. The number of anilines is 1. The summed E-state index contributed by atoms with van der Waals surface area (Å²) in [5.41, 5.74) is 2.99. The molecule has 3 rings (SSSR count). The van der Waals surface area contributed by atoms with Gasteiger partial charge >= 0.3 is 0 Å². The second-order valence-corrected chi connectivity index (χ2v) is 7.05. The maximum Gasteiger partial charge on any atom is 0.241 e. The van der Waals surface area contributed by atoms with E-state index in [2.05, 4.69) is 10.2 Å². The van der Waals surface area contributed by atoms with Crippen LogP contribution in [0.3, 0.4) is 0 Å². The van der Waals surface area contributed by atoms with Gasteiger partial charge in [0.25, 0.3) is 0 Å². The van der Waals surface area contributed by atoms with Gasteiger partial charge in [0.15, 0.2) is 0 Å². The van der Waals surface area contributed by atoms with E-state index in [1.54, 1.807) is 0 Å². The maximum absolute atomic E-state index is 12.8. The fraction of sp³-hybridized carbons (Fsp3) is 0.632. The quantitative estimate of drug-likeness (QED) is 0.924. The summed E-state index contributed by atoms with van der Waals surface area (Å²) in [5.74, 6) is 0.0523. The van der Waals surface area contributed by atoms with Crippen molar-refractivity contribution in [1.82, 2.24) is 4.90 Å². The van der Waals surface area contributed by atoms with Gasteiger partial charge in [-0.1, -0.05) is 18.2 Å². The SMILES string of the molecule is Cc1cccc(C)c1NC(=O)C(C)N1CCOC2(CCOCC2)C1. The van der Waals surface area contributed by atoms with Gasteiger partial charge in [-0.05, 0) is 31.9 Å². The summed E-state index contributed by atoms with van der Waals surface area (Å²) in [4.78, 5) is 15.0. The van der Waals surface area contributed by atoms with Gasteiger partial charge in [-0.2, -0.15) is 0 Å². The smallest absolute Gasteiger partial charge is 0.241 e. The second-order valence-electron chi connectivity index (χ2n) is 7.05. The highest BCUT2D eigenvalue weighted by Gasteiger charge is 2.40. The number of rotatable bonds is 3. The summed E-state index contributed by atoms with van der Waals surface area (Å²) in [6.45, 7) is 9.82. The lowest BCUT2D eigenvalue weighted by Crippen LogP contribution is -2.58. The number of nitrogens with one attached hydrogen (secondary N) is 1. The average molecular weight is 332 g/mol. The molecule has 132 valence electrons. The molecule has 2 aliphatic heterocycles. The molecule has 0 saturated carbocycles. The van der Waals surface area contributed by atoms with Crippen molar-refractivity contribution in [3.8, 4) is 0 Å². The lowest BCUT2D eigenvalue weighted by Gasteiger charge is -2.46. The van der Waals surface area contributed by atoms with Crippen LogP contribution in [0.2, 0.25) is 0 Å². The first-order valence-corrected chi connectivity index (χ1v) is 8.84. The highest BCUT2D eigenvalue weighted by Crippen LogP contribution is 2.30. The van der Waals surface area contributed by atoms with E-state index in [-0.39, 0.29) is 17.6 Å². The van der Waals surface area contributed by atoms with Crippen LogP contribution in [0, 0.1) is 13.8 Å². The molecule has 1 spiro atoms. The van der Waals surface area contributed by atoms with Crippen LogP contribution in [0.15, 0.2) is 18.2 Å². The van der Waals surface area contributed by atoms with Crippen LogP contribution in [-0.2, 0) is 14.3 Å². The zero-order valence-electron chi connectivity index (χ0n) is 14.9. The average Bonchev–Trinajstić information content (AvgIpc) is 2.58. The van der Waals surface area contributed by atoms with Crippen LogP contribution >= 0.6 is 0 Å². The van der Waals surface area contributed by atoms with E-state index in [9.17, 15) is 4.79 Å². The van der Waals surface area contributed by atoms with Gasteiger partial charge in [0.05, 0.1) is 18.2 Å². The number of nitrogens with zero attached hydrogens (tertiary/aromatic N) is 1. The van der Waals surface area contributed by atoms with Crippen LogP contribution in [0.25, 0.3) is 0 Å². The van der Waals surface area contributed by atoms with Crippen molar-refractivity contribution in [3.05, 3.63) is 29.3 Å². The summed E-state index contributed by atoms with van der Waals surface area (Å²) < 4.78 is 11.5. The molecule has 1 atom stereocenters. The minimum atomic E-state index is -0.173. The minimum Gasteiger partial charge on any atom is -0.381 e. The lowest BCUT2D eigenvalue weighted by atomic mass is 9.91. The molecule has 0 aliphatic carbocycles. The zero-order valence-corrected chi connectivity index (χ0v) is 14.9. The first-order chi connectivity index (χ1) is 11.5.